The van der Waals surface area contributed by atoms with Crippen molar-refractivity contribution >= 4 is 17.7 Å². The summed E-state index contributed by atoms with van der Waals surface area (Å²) in [4.78, 5) is 40.2. The minimum absolute atomic E-state index is 0.0564. The van der Waals surface area contributed by atoms with Crippen LogP contribution in [0.5, 0.6) is 0 Å². The first-order valence-electron chi connectivity index (χ1n) is 9.85. The first-order chi connectivity index (χ1) is 13.3. The molecule has 1 aromatic heterocycles. The molecule has 2 saturated heterocycles. The number of ether oxygens (including phenoxy) is 1. The standard InChI is InChI=1S/C19H29N5O4/c1-13(2)28-19(27)15-10-20-11-18(26)24(15)12-14-6-8-23(9-7-14)16-4-5-17(25)22(3)21-16/h4-5,13-15,20H,6-12H2,1-3H3. The molecule has 154 valence electrons. The fourth-order valence-electron chi connectivity index (χ4n) is 3.73. The number of nitrogens with zero attached hydrogens (tertiary/aromatic N) is 4. The Bertz CT molecular complexity index is 770. The lowest BCUT2D eigenvalue weighted by Gasteiger charge is -2.39. The number of piperazine rings is 1. The van der Waals surface area contributed by atoms with Gasteiger partial charge < -0.3 is 19.9 Å². The highest BCUT2D eigenvalue weighted by atomic mass is 16.5. The maximum Gasteiger partial charge on any atom is 0.330 e. The average molecular weight is 391 g/mol. The van der Waals surface area contributed by atoms with Gasteiger partial charge in [-0.2, -0.15) is 5.10 Å². The molecule has 0 saturated carbocycles. The smallest absolute Gasteiger partial charge is 0.330 e. The van der Waals surface area contributed by atoms with Gasteiger partial charge in [0.25, 0.3) is 5.56 Å². The largest absolute Gasteiger partial charge is 0.461 e. The monoisotopic (exact) mass is 391 g/mol. The molecule has 2 aliphatic rings. The molecule has 2 aliphatic heterocycles. The van der Waals surface area contributed by atoms with Gasteiger partial charge >= 0.3 is 5.97 Å². The Hall–Kier alpha value is -2.42. The van der Waals surface area contributed by atoms with Crippen LogP contribution in [-0.2, 0) is 21.4 Å². The molecule has 2 fully saturated rings. The molecule has 1 amide bonds. The number of carbonyl (C=O) groups excluding carboxylic acids is 2. The first-order valence-corrected chi connectivity index (χ1v) is 9.85. The van der Waals surface area contributed by atoms with Crippen molar-refractivity contribution in [2.45, 2.75) is 38.8 Å². The van der Waals surface area contributed by atoms with Gasteiger partial charge in [0.2, 0.25) is 5.91 Å². The lowest BCUT2D eigenvalue weighted by Crippen LogP contribution is -2.60. The van der Waals surface area contributed by atoms with E-state index in [0.717, 1.165) is 31.7 Å². The molecule has 9 nitrogen and oxygen atoms in total. The number of aryl methyl sites for hydroxylation is 1. The summed E-state index contributed by atoms with van der Waals surface area (Å²) >= 11 is 0. The van der Waals surface area contributed by atoms with Crippen LogP contribution >= 0.6 is 0 Å². The number of rotatable bonds is 5. The van der Waals surface area contributed by atoms with Gasteiger partial charge in [0.05, 0.1) is 12.6 Å². The number of nitrogens with one attached hydrogen (secondary N) is 1. The van der Waals surface area contributed by atoms with Crippen molar-refractivity contribution in [1.82, 2.24) is 20.0 Å². The van der Waals surface area contributed by atoms with Crippen LogP contribution in [0.3, 0.4) is 0 Å². The zero-order valence-electron chi connectivity index (χ0n) is 16.8. The summed E-state index contributed by atoms with van der Waals surface area (Å²) in [5, 5.41) is 7.32. The van der Waals surface area contributed by atoms with Crippen LogP contribution in [0.2, 0.25) is 0 Å². The predicted octanol–water partition coefficient (Wildman–Crippen LogP) is -0.251. The lowest BCUT2D eigenvalue weighted by molar-refractivity contribution is -0.160. The van der Waals surface area contributed by atoms with Crippen LogP contribution in [0, 0.1) is 5.92 Å². The summed E-state index contributed by atoms with van der Waals surface area (Å²) in [6, 6.07) is 2.71. The summed E-state index contributed by atoms with van der Waals surface area (Å²) in [7, 11) is 1.64. The van der Waals surface area contributed by atoms with E-state index in [1.165, 1.54) is 10.7 Å². The van der Waals surface area contributed by atoms with E-state index in [0.29, 0.717) is 19.0 Å². The van der Waals surface area contributed by atoms with Crippen molar-refractivity contribution in [3.63, 3.8) is 0 Å². The van der Waals surface area contributed by atoms with Gasteiger partial charge in [-0.1, -0.05) is 0 Å². The number of hydrogen-bond donors (Lipinski definition) is 1. The molecule has 0 bridgehead atoms. The van der Waals surface area contributed by atoms with E-state index in [2.05, 4.69) is 15.3 Å². The Kier molecular flexibility index (Phi) is 6.33. The quantitative estimate of drug-likeness (QED) is 0.691. The Balaban J connectivity index is 1.60. The molecule has 0 aromatic carbocycles. The Morgan fingerprint density at radius 1 is 1.29 bits per heavy atom. The van der Waals surface area contributed by atoms with Crippen LogP contribution in [-0.4, -0.2) is 71.4 Å². The number of piperidine rings is 1. The van der Waals surface area contributed by atoms with Gasteiger partial charge in [0.15, 0.2) is 0 Å². The third-order valence-corrected chi connectivity index (χ3v) is 5.27. The molecule has 0 aliphatic carbocycles. The SMILES string of the molecule is CC(C)OC(=O)C1CNCC(=O)N1CC1CCN(c2ccc(=O)n(C)n2)CC1. The minimum Gasteiger partial charge on any atom is -0.461 e. The number of anilines is 1. The molecule has 1 N–H and O–H groups in total. The van der Waals surface area contributed by atoms with E-state index < -0.39 is 6.04 Å². The van der Waals surface area contributed by atoms with Gasteiger partial charge in [0.1, 0.15) is 11.9 Å². The van der Waals surface area contributed by atoms with Crippen LogP contribution < -0.4 is 15.8 Å². The number of esters is 1. The molecular weight excluding hydrogens is 362 g/mol. The molecule has 1 atom stereocenters. The van der Waals surface area contributed by atoms with Crippen LogP contribution in [0.4, 0.5) is 5.82 Å². The van der Waals surface area contributed by atoms with E-state index in [1.54, 1.807) is 18.0 Å². The molecular formula is C19H29N5O4. The van der Waals surface area contributed by atoms with Gasteiger partial charge in [-0.05, 0) is 38.7 Å². The van der Waals surface area contributed by atoms with E-state index in [4.69, 9.17) is 4.74 Å². The summed E-state index contributed by atoms with van der Waals surface area (Å²) < 4.78 is 6.68. The average Bonchev–Trinajstić information content (AvgIpc) is 2.65. The molecule has 3 heterocycles. The third kappa shape index (κ3) is 4.70. The normalized spacial score (nSPS) is 21.3. The zero-order chi connectivity index (χ0) is 20.3. The van der Waals surface area contributed by atoms with E-state index >= 15 is 0 Å². The zero-order valence-corrected chi connectivity index (χ0v) is 16.8. The fraction of sp³-hybridized carbons (Fsp3) is 0.684. The summed E-state index contributed by atoms with van der Waals surface area (Å²) in [6.45, 7) is 6.47. The lowest BCUT2D eigenvalue weighted by atomic mass is 9.95. The molecule has 9 heteroatoms. The van der Waals surface area contributed by atoms with Crippen molar-refractivity contribution in [1.29, 1.82) is 0 Å². The van der Waals surface area contributed by atoms with E-state index in [1.807, 2.05) is 13.8 Å². The molecule has 0 spiro atoms. The second kappa shape index (κ2) is 8.72. The molecule has 1 aromatic rings. The minimum atomic E-state index is -0.563. The third-order valence-electron chi connectivity index (χ3n) is 5.27. The van der Waals surface area contributed by atoms with Crippen LogP contribution in [0.25, 0.3) is 0 Å². The Morgan fingerprint density at radius 2 is 2.00 bits per heavy atom. The highest BCUT2D eigenvalue weighted by Gasteiger charge is 2.36. The van der Waals surface area contributed by atoms with Gasteiger partial charge in [-0.15, -0.1) is 0 Å². The van der Waals surface area contributed by atoms with Gasteiger partial charge in [-0.25, -0.2) is 9.48 Å². The summed E-state index contributed by atoms with van der Waals surface area (Å²) in [5.41, 5.74) is -0.129. The van der Waals surface area contributed by atoms with E-state index in [-0.39, 0.29) is 30.1 Å². The number of carbonyl (C=O) groups is 2. The Morgan fingerprint density at radius 3 is 2.64 bits per heavy atom. The summed E-state index contributed by atoms with van der Waals surface area (Å²) in [5.74, 6) is 0.707. The van der Waals surface area contributed by atoms with Crippen molar-refractivity contribution in [3.05, 3.63) is 22.5 Å². The molecule has 3 rings (SSSR count). The van der Waals surface area contributed by atoms with Gasteiger partial charge in [-0.3, -0.25) is 9.59 Å². The summed E-state index contributed by atoms with van der Waals surface area (Å²) in [6.07, 6.45) is 1.59. The second-order valence-corrected chi connectivity index (χ2v) is 7.76. The number of hydrogen-bond acceptors (Lipinski definition) is 7. The molecule has 28 heavy (non-hydrogen) atoms. The molecule has 1 unspecified atom stereocenters. The van der Waals surface area contributed by atoms with Crippen molar-refractivity contribution in [2.75, 3.05) is 37.6 Å². The highest BCUT2D eigenvalue weighted by Crippen LogP contribution is 2.23. The maximum absolute atomic E-state index is 12.4. The Labute approximate surface area is 164 Å². The van der Waals surface area contributed by atoms with Crippen molar-refractivity contribution in [3.8, 4) is 0 Å². The number of amides is 1. The second-order valence-electron chi connectivity index (χ2n) is 7.76. The number of aromatic nitrogens is 2. The predicted molar refractivity (Wildman–Crippen MR) is 104 cm³/mol. The van der Waals surface area contributed by atoms with Crippen molar-refractivity contribution in [2.24, 2.45) is 13.0 Å². The topological polar surface area (TPSA) is 96.8 Å². The van der Waals surface area contributed by atoms with Crippen LogP contribution in [0.15, 0.2) is 16.9 Å². The van der Waals surface area contributed by atoms with E-state index in [9.17, 15) is 14.4 Å². The van der Waals surface area contributed by atoms with Crippen molar-refractivity contribution < 1.29 is 14.3 Å². The highest BCUT2D eigenvalue weighted by molar-refractivity contribution is 5.87. The molecule has 0 radical (unpaired) electrons. The first kappa shape index (κ1) is 20.3. The van der Waals surface area contributed by atoms with Gasteiger partial charge in [0, 0.05) is 39.3 Å². The fourth-order valence-corrected chi connectivity index (χ4v) is 3.73. The maximum atomic E-state index is 12.4. The van der Waals surface area contributed by atoms with Crippen LogP contribution in [0.1, 0.15) is 26.7 Å².